The van der Waals surface area contributed by atoms with Gasteiger partial charge in [-0.05, 0) is 32.3 Å². The van der Waals surface area contributed by atoms with E-state index in [-0.39, 0.29) is 0 Å². The molecule has 0 saturated heterocycles. The second-order valence-corrected chi connectivity index (χ2v) is 5.01. The highest BCUT2D eigenvalue weighted by Crippen LogP contribution is 2.49. The minimum atomic E-state index is -3.37. The van der Waals surface area contributed by atoms with Gasteiger partial charge in [-0.2, -0.15) is 0 Å². The molecule has 0 amide bonds. The number of phosphoric ester groups is 1. The first-order valence-corrected chi connectivity index (χ1v) is 6.72. The lowest BCUT2D eigenvalue weighted by Crippen LogP contribution is -1.96. The van der Waals surface area contributed by atoms with Gasteiger partial charge in [0.2, 0.25) is 0 Å². The molecule has 0 aliphatic rings. The first-order chi connectivity index (χ1) is 7.04. The summed E-state index contributed by atoms with van der Waals surface area (Å²) in [5, 5.41) is 0. The van der Waals surface area contributed by atoms with E-state index >= 15 is 0 Å². The fraction of sp³-hybridized carbons (Fsp3) is 0.800. The summed E-state index contributed by atoms with van der Waals surface area (Å²) >= 11 is 0. The maximum atomic E-state index is 11.7. The fourth-order valence-electron chi connectivity index (χ4n) is 0.860. The Hall–Kier alpha value is -0.310. The van der Waals surface area contributed by atoms with Crippen LogP contribution in [-0.4, -0.2) is 13.2 Å². The van der Waals surface area contributed by atoms with E-state index in [1.54, 1.807) is 13.8 Å². The molecule has 90 valence electrons. The molecule has 0 saturated carbocycles. The average molecular weight is 236 g/mol. The first-order valence-electron chi connectivity index (χ1n) is 5.26. The van der Waals surface area contributed by atoms with Crippen LogP contribution in [0.2, 0.25) is 0 Å². The third-order valence-corrected chi connectivity index (χ3v) is 3.00. The van der Waals surface area contributed by atoms with Crippen molar-refractivity contribution in [3.63, 3.8) is 0 Å². The molecule has 0 bridgehead atoms. The predicted octanol–water partition coefficient (Wildman–Crippen LogP) is 3.74. The molecular formula is C10H21O4P. The Bertz CT molecular complexity index is 215. The van der Waals surface area contributed by atoms with Gasteiger partial charge in [0, 0.05) is 0 Å². The molecule has 5 heteroatoms. The van der Waals surface area contributed by atoms with Gasteiger partial charge in [-0.1, -0.05) is 13.8 Å². The van der Waals surface area contributed by atoms with Gasteiger partial charge >= 0.3 is 7.82 Å². The van der Waals surface area contributed by atoms with E-state index in [0.717, 1.165) is 6.42 Å². The third-order valence-electron chi connectivity index (χ3n) is 1.47. The Balaban J connectivity index is 4.06. The molecule has 0 atom stereocenters. The number of rotatable bonds is 8. The van der Waals surface area contributed by atoms with Gasteiger partial charge in [-0.15, -0.1) is 0 Å². The molecule has 4 nitrogen and oxygen atoms in total. The van der Waals surface area contributed by atoms with Gasteiger partial charge < -0.3 is 4.52 Å². The normalized spacial score (nSPS) is 12.6. The molecule has 0 unspecified atom stereocenters. The van der Waals surface area contributed by atoms with Crippen molar-refractivity contribution in [2.75, 3.05) is 13.2 Å². The summed E-state index contributed by atoms with van der Waals surface area (Å²) in [4.78, 5) is 0. The zero-order chi connectivity index (χ0) is 11.7. The molecular weight excluding hydrogens is 215 g/mol. The van der Waals surface area contributed by atoms with Crippen LogP contribution >= 0.6 is 7.82 Å². The van der Waals surface area contributed by atoms with Crippen molar-refractivity contribution in [1.29, 1.82) is 0 Å². The summed E-state index contributed by atoms with van der Waals surface area (Å²) in [6, 6.07) is 0. The molecule has 0 N–H and O–H groups in total. The van der Waals surface area contributed by atoms with Crippen LogP contribution < -0.4 is 0 Å². The van der Waals surface area contributed by atoms with Crippen molar-refractivity contribution < 1.29 is 18.1 Å². The summed E-state index contributed by atoms with van der Waals surface area (Å²) in [6.45, 7) is 8.27. The van der Waals surface area contributed by atoms with Gasteiger partial charge in [0.1, 0.15) is 0 Å². The summed E-state index contributed by atoms with van der Waals surface area (Å²) in [7, 11) is -3.37. The zero-order valence-electron chi connectivity index (χ0n) is 9.93. The zero-order valence-corrected chi connectivity index (χ0v) is 10.8. The molecule has 0 radical (unpaired) electrons. The monoisotopic (exact) mass is 236 g/mol. The fourth-order valence-corrected chi connectivity index (χ4v) is 1.92. The summed E-state index contributed by atoms with van der Waals surface area (Å²) in [5.74, 6) is 0.545. The van der Waals surface area contributed by atoms with Crippen molar-refractivity contribution in [2.45, 2.75) is 34.1 Å². The Morgan fingerprint density at radius 1 is 1.20 bits per heavy atom. The lowest BCUT2D eigenvalue weighted by Gasteiger charge is -2.14. The summed E-state index contributed by atoms with van der Waals surface area (Å²) < 4.78 is 26.6. The van der Waals surface area contributed by atoms with E-state index in [4.69, 9.17) is 13.6 Å². The highest BCUT2D eigenvalue weighted by molar-refractivity contribution is 7.48. The molecule has 0 aromatic rings. The van der Waals surface area contributed by atoms with E-state index in [1.165, 1.54) is 6.26 Å². The van der Waals surface area contributed by atoms with Crippen LogP contribution in [0, 0.1) is 5.92 Å². The molecule has 0 aliphatic heterocycles. The van der Waals surface area contributed by atoms with Crippen LogP contribution in [0.25, 0.3) is 0 Å². The SMILES string of the molecule is CCOP(=O)(OC=CCC(C)C)OCC. The molecule has 0 aromatic carbocycles. The van der Waals surface area contributed by atoms with Crippen molar-refractivity contribution in [2.24, 2.45) is 5.92 Å². The van der Waals surface area contributed by atoms with Gasteiger partial charge in [0.25, 0.3) is 0 Å². The maximum absolute atomic E-state index is 11.7. The minimum absolute atomic E-state index is 0.301. The number of hydrogen-bond donors (Lipinski definition) is 0. The number of hydrogen-bond acceptors (Lipinski definition) is 4. The molecule has 0 aliphatic carbocycles. The Morgan fingerprint density at radius 2 is 1.73 bits per heavy atom. The van der Waals surface area contributed by atoms with E-state index in [0.29, 0.717) is 19.1 Å². The third kappa shape index (κ3) is 7.60. The van der Waals surface area contributed by atoms with Crippen LogP contribution in [-0.2, 0) is 18.1 Å². The predicted molar refractivity (Wildman–Crippen MR) is 60.5 cm³/mol. The van der Waals surface area contributed by atoms with Gasteiger partial charge in [0.05, 0.1) is 19.5 Å². The van der Waals surface area contributed by atoms with E-state index < -0.39 is 7.82 Å². The minimum Gasteiger partial charge on any atom is -0.412 e. The smallest absolute Gasteiger partial charge is 0.412 e. The van der Waals surface area contributed by atoms with E-state index in [9.17, 15) is 4.57 Å². The van der Waals surface area contributed by atoms with Crippen LogP contribution in [0.5, 0.6) is 0 Å². The Labute approximate surface area is 92.2 Å². The van der Waals surface area contributed by atoms with Crippen LogP contribution in [0.1, 0.15) is 34.1 Å². The van der Waals surface area contributed by atoms with E-state index in [1.807, 2.05) is 6.08 Å². The quantitative estimate of drug-likeness (QED) is 0.475. The van der Waals surface area contributed by atoms with Crippen LogP contribution in [0.15, 0.2) is 12.3 Å². The van der Waals surface area contributed by atoms with Crippen LogP contribution in [0.3, 0.4) is 0 Å². The van der Waals surface area contributed by atoms with E-state index in [2.05, 4.69) is 13.8 Å². The molecule has 0 spiro atoms. The highest BCUT2D eigenvalue weighted by atomic mass is 31.2. The standard InChI is InChI=1S/C10H21O4P/c1-5-12-15(11,13-6-2)14-9-7-8-10(3)4/h7,9-10H,5-6,8H2,1-4H3. The average Bonchev–Trinajstić information content (AvgIpc) is 2.13. The van der Waals surface area contributed by atoms with Crippen molar-refractivity contribution in [3.8, 4) is 0 Å². The van der Waals surface area contributed by atoms with Crippen molar-refractivity contribution in [3.05, 3.63) is 12.3 Å². The maximum Gasteiger partial charge on any atom is 0.529 e. The summed E-state index contributed by atoms with van der Waals surface area (Å²) in [6.07, 6.45) is 4.08. The Morgan fingerprint density at radius 3 is 2.13 bits per heavy atom. The lowest BCUT2D eigenvalue weighted by molar-refractivity contribution is 0.153. The second-order valence-electron chi connectivity index (χ2n) is 3.39. The van der Waals surface area contributed by atoms with Crippen molar-refractivity contribution in [1.82, 2.24) is 0 Å². The first kappa shape index (κ1) is 14.7. The van der Waals surface area contributed by atoms with Gasteiger partial charge in [0.15, 0.2) is 0 Å². The van der Waals surface area contributed by atoms with Crippen molar-refractivity contribution >= 4 is 7.82 Å². The van der Waals surface area contributed by atoms with Gasteiger partial charge in [-0.25, -0.2) is 4.57 Å². The summed E-state index contributed by atoms with van der Waals surface area (Å²) in [5.41, 5.74) is 0. The largest absolute Gasteiger partial charge is 0.529 e. The topological polar surface area (TPSA) is 44.8 Å². The molecule has 0 heterocycles. The molecule has 0 aromatic heterocycles. The Kier molecular flexibility index (Phi) is 7.75. The molecule has 0 rings (SSSR count). The lowest BCUT2D eigenvalue weighted by atomic mass is 10.1. The second kappa shape index (κ2) is 7.91. The van der Waals surface area contributed by atoms with Crippen LogP contribution in [0.4, 0.5) is 0 Å². The number of phosphoric acid groups is 1. The van der Waals surface area contributed by atoms with Gasteiger partial charge in [-0.3, -0.25) is 9.05 Å². The highest BCUT2D eigenvalue weighted by Gasteiger charge is 2.24. The molecule has 15 heavy (non-hydrogen) atoms. The molecule has 0 fully saturated rings. The number of allylic oxidation sites excluding steroid dienone is 1.